The maximum absolute atomic E-state index is 12.7. The summed E-state index contributed by atoms with van der Waals surface area (Å²) < 4.78 is 36.2. The minimum absolute atomic E-state index is 0.0135. The van der Waals surface area contributed by atoms with Crippen LogP contribution in [-0.4, -0.2) is 46.2 Å². The molecule has 1 saturated heterocycles. The van der Waals surface area contributed by atoms with E-state index in [1.54, 1.807) is 6.26 Å². The number of sulfone groups is 1. The number of thioether (sulfide) groups is 1. The van der Waals surface area contributed by atoms with E-state index in [1.807, 2.05) is 32.0 Å². The number of carbonyl (C=O) groups is 1. The molecule has 3 aromatic rings. The molecule has 0 saturated carbocycles. The SMILES string of the molecule is Cc1cc(C(=O)CSc2nnc(C[C@@H]3CCS(=O)(=O)C3)o2)c(C)n1Cc1ccco1. The van der Waals surface area contributed by atoms with Gasteiger partial charge in [-0.1, -0.05) is 11.8 Å². The first kappa shape index (κ1) is 20.9. The molecule has 1 atom stereocenters. The second-order valence-corrected chi connectivity index (χ2v) is 10.8. The average molecular weight is 450 g/mol. The van der Waals surface area contributed by atoms with Crippen LogP contribution >= 0.6 is 11.8 Å². The van der Waals surface area contributed by atoms with Crippen molar-refractivity contribution in [2.45, 2.75) is 38.5 Å². The largest absolute Gasteiger partial charge is 0.467 e. The lowest BCUT2D eigenvalue weighted by Gasteiger charge is -2.07. The monoisotopic (exact) mass is 449 g/mol. The topological polar surface area (TPSA) is 108 Å². The lowest BCUT2D eigenvalue weighted by molar-refractivity contribution is 0.102. The molecule has 1 aliphatic rings. The van der Waals surface area contributed by atoms with Crippen LogP contribution in [0.4, 0.5) is 0 Å². The Morgan fingerprint density at radius 3 is 2.87 bits per heavy atom. The summed E-state index contributed by atoms with van der Waals surface area (Å²) in [6, 6.07) is 5.64. The summed E-state index contributed by atoms with van der Waals surface area (Å²) in [5.41, 5.74) is 2.55. The highest BCUT2D eigenvalue weighted by Crippen LogP contribution is 2.25. The van der Waals surface area contributed by atoms with Gasteiger partial charge in [-0.15, -0.1) is 10.2 Å². The van der Waals surface area contributed by atoms with Gasteiger partial charge in [-0.2, -0.15) is 0 Å². The third-order valence-electron chi connectivity index (χ3n) is 5.33. The Morgan fingerprint density at radius 2 is 2.17 bits per heavy atom. The maximum atomic E-state index is 12.7. The van der Waals surface area contributed by atoms with Crippen molar-refractivity contribution in [1.29, 1.82) is 0 Å². The van der Waals surface area contributed by atoms with Crippen molar-refractivity contribution in [2.75, 3.05) is 17.3 Å². The molecule has 0 spiro atoms. The van der Waals surface area contributed by atoms with Crippen LogP contribution < -0.4 is 0 Å². The molecule has 3 aromatic heterocycles. The van der Waals surface area contributed by atoms with Gasteiger partial charge in [0.25, 0.3) is 5.22 Å². The summed E-state index contributed by atoms with van der Waals surface area (Å²) in [4.78, 5) is 12.7. The first-order valence-corrected chi connectivity index (χ1v) is 12.5. The Bertz CT molecular complexity index is 1150. The molecule has 0 amide bonds. The van der Waals surface area contributed by atoms with Gasteiger partial charge in [0.1, 0.15) is 5.76 Å². The number of hydrogen-bond donors (Lipinski definition) is 0. The van der Waals surface area contributed by atoms with Crippen molar-refractivity contribution in [1.82, 2.24) is 14.8 Å². The molecule has 0 radical (unpaired) electrons. The number of carbonyl (C=O) groups excluding carboxylic acids is 1. The third kappa shape index (κ3) is 4.70. The van der Waals surface area contributed by atoms with Crippen LogP contribution in [0.1, 0.15) is 39.8 Å². The van der Waals surface area contributed by atoms with E-state index >= 15 is 0 Å². The number of nitrogens with zero attached hydrogens (tertiary/aromatic N) is 3. The second kappa shape index (κ2) is 8.43. The van der Waals surface area contributed by atoms with Crippen LogP contribution in [0.25, 0.3) is 0 Å². The quantitative estimate of drug-likeness (QED) is 0.381. The Morgan fingerprint density at radius 1 is 1.33 bits per heavy atom. The molecule has 160 valence electrons. The molecule has 0 aromatic carbocycles. The van der Waals surface area contributed by atoms with E-state index in [4.69, 9.17) is 8.83 Å². The smallest absolute Gasteiger partial charge is 0.277 e. The van der Waals surface area contributed by atoms with Crippen LogP contribution in [0.3, 0.4) is 0 Å². The number of aryl methyl sites for hydroxylation is 1. The van der Waals surface area contributed by atoms with Gasteiger partial charge in [0, 0.05) is 23.4 Å². The number of rotatable bonds is 8. The molecule has 0 N–H and O–H groups in total. The predicted octanol–water partition coefficient (Wildman–Crippen LogP) is 3.08. The summed E-state index contributed by atoms with van der Waals surface area (Å²) >= 11 is 1.20. The van der Waals surface area contributed by atoms with Gasteiger partial charge in [0.15, 0.2) is 15.6 Å². The fraction of sp³-hybridized carbons (Fsp3) is 0.450. The molecular formula is C20H23N3O5S2. The summed E-state index contributed by atoms with van der Waals surface area (Å²) in [5, 5.41) is 8.30. The molecule has 0 unspecified atom stereocenters. The van der Waals surface area contributed by atoms with E-state index in [0.29, 0.717) is 36.1 Å². The molecule has 30 heavy (non-hydrogen) atoms. The molecule has 1 fully saturated rings. The van der Waals surface area contributed by atoms with Gasteiger partial charge < -0.3 is 13.4 Å². The summed E-state index contributed by atoms with van der Waals surface area (Å²) in [6.07, 6.45) is 2.71. The van der Waals surface area contributed by atoms with E-state index in [2.05, 4.69) is 14.8 Å². The van der Waals surface area contributed by atoms with Gasteiger partial charge in [0.2, 0.25) is 5.89 Å². The second-order valence-electron chi connectivity index (χ2n) is 7.60. The Labute approximate surface area is 179 Å². The average Bonchev–Trinajstić information content (AvgIpc) is 3.47. The van der Waals surface area contributed by atoms with E-state index in [0.717, 1.165) is 17.1 Å². The van der Waals surface area contributed by atoms with Crippen molar-refractivity contribution in [3.05, 3.63) is 53.1 Å². The van der Waals surface area contributed by atoms with Gasteiger partial charge in [-0.25, -0.2) is 8.42 Å². The lowest BCUT2D eigenvalue weighted by atomic mass is 10.1. The van der Waals surface area contributed by atoms with E-state index in [-0.39, 0.29) is 29.0 Å². The highest BCUT2D eigenvalue weighted by Gasteiger charge is 2.29. The summed E-state index contributed by atoms with van der Waals surface area (Å²) in [7, 11) is -2.93. The maximum Gasteiger partial charge on any atom is 0.277 e. The predicted molar refractivity (Wildman–Crippen MR) is 112 cm³/mol. The Kier molecular flexibility index (Phi) is 5.88. The van der Waals surface area contributed by atoms with Gasteiger partial charge in [0.05, 0.1) is 30.1 Å². The number of ketones is 1. The molecule has 4 rings (SSSR count). The van der Waals surface area contributed by atoms with Gasteiger partial charge in [-0.05, 0) is 44.4 Å². The number of aromatic nitrogens is 3. The minimum Gasteiger partial charge on any atom is -0.467 e. The standard InChI is InChI=1S/C20H23N3O5S2/c1-13-8-17(14(2)23(13)10-16-4-3-6-27-16)18(24)11-29-20-22-21-19(28-20)9-15-5-7-30(25,26)12-15/h3-4,6,8,15H,5,7,9-12H2,1-2H3/t15-/m0/s1. The number of hydrogen-bond acceptors (Lipinski definition) is 8. The van der Waals surface area contributed by atoms with Gasteiger partial charge >= 0.3 is 0 Å². The van der Waals surface area contributed by atoms with Gasteiger partial charge in [-0.3, -0.25) is 4.79 Å². The fourth-order valence-corrected chi connectivity index (χ4v) is 6.27. The zero-order valence-corrected chi connectivity index (χ0v) is 18.5. The molecule has 8 nitrogen and oxygen atoms in total. The normalized spacial score (nSPS) is 18.1. The molecule has 0 aliphatic carbocycles. The fourth-order valence-electron chi connectivity index (χ4n) is 3.75. The Hall–Kier alpha value is -2.33. The zero-order chi connectivity index (χ0) is 21.3. The van der Waals surface area contributed by atoms with Crippen LogP contribution in [-0.2, 0) is 22.8 Å². The zero-order valence-electron chi connectivity index (χ0n) is 16.8. The van der Waals surface area contributed by atoms with Crippen LogP contribution in [0.5, 0.6) is 0 Å². The van der Waals surface area contributed by atoms with Crippen molar-refractivity contribution >= 4 is 27.4 Å². The third-order valence-corrected chi connectivity index (χ3v) is 7.99. The van der Waals surface area contributed by atoms with E-state index in [9.17, 15) is 13.2 Å². The number of Topliss-reactive ketones (excluding diaryl/α,β-unsaturated/α-hetero) is 1. The highest BCUT2D eigenvalue weighted by atomic mass is 32.2. The minimum atomic E-state index is -2.93. The van der Waals surface area contributed by atoms with Crippen LogP contribution in [0.15, 0.2) is 38.5 Å². The van der Waals surface area contributed by atoms with Crippen molar-refractivity contribution in [3.63, 3.8) is 0 Å². The number of furan rings is 1. The highest BCUT2D eigenvalue weighted by molar-refractivity contribution is 7.99. The molecule has 1 aliphatic heterocycles. The first-order valence-electron chi connectivity index (χ1n) is 9.68. The van der Waals surface area contributed by atoms with Crippen LogP contribution in [0.2, 0.25) is 0 Å². The lowest BCUT2D eigenvalue weighted by Crippen LogP contribution is -2.07. The molecular weight excluding hydrogens is 426 g/mol. The first-order chi connectivity index (χ1) is 14.3. The van der Waals surface area contributed by atoms with Crippen LogP contribution in [0, 0.1) is 19.8 Å². The van der Waals surface area contributed by atoms with Crippen molar-refractivity contribution < 1.29 is 22.0 Å². The van der Waals surface area contributed by atoms with E-state index < -0.39 is 9.84 Å². The molecule has 4 heterocycles. The van der Waals surface area contributed by atoms with Crippen molar-refractivity contribution in [3.8, 4) is 0 Å². The van der Waals surface area contributed by atoms with Crippen molar-refractivity contribution in [2.24, 2.45) is 5.92 Å². The Balaban J connectivity index is 1.36. The van der Waals surface area contributed by atoms with E-state index in [1.165, 1.54) is 11.8 Å². The molecule has 10 heteroatoms. The molecule has 0 bridgehead atoms. The summed E-state index contributed by atoms with van der Waals surface area (Å²) in [5.74, 6) is 1.84. The summed E-state index contributed by atoms with van der Waals surface area (Å²) in [6.45, 7) is 4.47.